The number of nitrogens with one attached hydrogen (secondary N) is 1. The number of Topliss-reactive ketones (excluding diaryl/α,β-unsaturated/α-hetero) is 1. The van der Waals surface area contributed by atoms with Gasteiger partial charge in [0, 0.05) is 51.0 Å². The molecule has 11 heteroatoms. The minimum absolute atomic E-state index is 0.00432. The second-order valence-electron chi connectivity index (χ2n) is 13.4. The van der Waals surface area contributed by atoms with Gasteiger partial charge in [-0.3, -0.25) is 14.4 Å². The highest BCUT2D eigenvalue weighted by atomic mass is 28.3. The average Bonchev–Trinajstić information content (AvgIpc) is 3.52. The van der Waals surface area contributed by atoms with Gasteiger partial charge in [0.15, 0.2) is 0 Å². The van der Waals surface area contributed by atoms with E-state index in [-0.39, 0.29) is 59.5 Å². The summed E-state index contributed by atoms with van der Waals surface area (Å²) in [5.41, 5.74) is 1.56. The minimum atomic E-state index is -2.87. The highest BCUT2D eigenvalue weighted by molar-refractivity contribution is 6.76. The van der Waals surface area contributed by atoms with Gasteiger partial charge in [-0.15, -0.1) is 0 Å². The number of benzene rings is 1. The van der Waals surface area contributed by atoms with Crippen molar-refractivity contribution in [3.63, 3.8) is 0 Å². The summed E-state index contributed by atoms with van der Waals surface area (Å²) < 4.78 is 37.9. The van der Waals surface area contributed by atoms with Gasteiger partial charge in [0.1, 0.15) is 18.0 Å². The van der Waals surface area contributed by atoms with Crippen molar-refractivity contribution in [3.8, 4) is 0 Å². The molecule has 2 aliphatic rings. The maximum Gasteiger partial charge on any atom is 0.273 e. The number of carbonyl (C=O) groups excluding carboxylic acids is 2. The summed E-state index contributed by atoms with van der Waals surface area (Å²) in [6.45, 7) is 10.9. The largest absolute Gasteiger partial charge is 0.360 e. The zero-order chi connectivity index (χ0) is 31.1. The summed E-state index contributed by atoms with van der Waals surface area (Å²) >= 11 is 0. The van der Waals surface area contributed by atoms with E-state index in [9.17, 15) is 23.2 Å². The number of rotatable bonds is 10. The Morgan fingerprint density at radius 3 is 2.56 bits per heavy atom. The molecule has 232 valence electrons. The van der Waals surface area contributed by atoms with Crippen molar-refractivity contribution < 1.29 is 23.1 Å². The van der Waals surface area contributed by atoms with Crippen LogP contribution in [0.25, 0.3) is 10.9 Å². The van der Waals surface area contributed by atoms with Gasteiger partial charge in [0.25, 0.3) is 17.4 Å². The van der Waals surface area contributed by atoms with E-state index in [1.165, 1.54) is 6.07 Å². The lowest BCUT2D eigenvalue weighted by atomic mass is 9.83. The first kappa shape index (κ1) is 31.2. The van der Waals surface area contributed by atoms with Gasteiger partial charge in [0.2, 0.25) is 0 Å². The van der Waals surface area contributed by atoms with Crippen molar-refractivity contribution in [2.24, 2.45) is 5.92 Å². The maximum absolute atomic E-state index is 14.4. The molecule has 0 bridgehead atoms. The Morgan fingerprint density at radius 2 is 1.88 bits per heavy atom. The molecular weight excluding hydrogens is 570 g/mol. The third-order valence-corrected chi connectivity index (χ3v) is 10.7. The number of nitrogens with zero attached hydrogens (tertiary/aromatic N) is 3. The number of ketones is 1. The summed E-state index contributed by atoms with van der Waals surface area (Å²) in [5.74, 6) is -3.15. The summed E-state index contributed by atoms with van der Waals surface area (Å²) in [5, 5.41) is 7.91. The van der Waals surface area contributed by atoms with Crippen molar-refractivity contribution in [3.05, 3.63) is 63.2 Å². The first-order chi connectivity index (χ1) is 20.2. The van der Waals surface area contributed by atoms with Crippen LogP contribution in [0.4, 0.5) is 8.78 Å². The van der Waals surface area contributed by atoms with Gasteiger partial charge in [0.05, 0.1) is 17.0 Å². The predicted octanol–water partition coefficient (Wildman–Crippen LogP) is 6.36. The topological polar surface area (TPSA) is 95.2 Å². The second-order valence-corrected chi connectivity index (χ2v) is 19.0. The van der Waals surface area contributed by atoms with Crippen LogP contribution in [0.15, 0.2) is 35.4 Å². The molecular formula is C32H42F2N4O4Si. The first-order valence-corrected chi connectivity index (χ1v) is 19.0. The van der Waals surface area contributed by atoms with E-state index in [1.807, 2.05) is 0 Å². The van der Waals surface area contributed by atoms with Crippen LogP contribution in [0.2, 0.25) is 25.7 Å². The van der Waals surface area contributed by atoms with Crippen LogP contribution < -0.4 is 10.9 Å². The third-order valence-electron chi connectivity index (χ3n) is 8.99. The summed E-state index contributed by atoms with van der Waals surface area (Å²) in [6, 6.07) is 5.15. The van der Waals surface area contributed by atoms with Gasteiger partial charge < -0.3 is 14.6 Å². The fourth-order valence-electron chi connectivity index (χ4n) is 6.38. The van der Waals surface area contributed by atoms with E-state index in [4.69, 9.17) is 4.74 Å². The van der Waals surface area contributed by atoms with E-state index in [2.05, 4.69) is 30.1 Å². The van der Waals surface area contributed by atoms with Gasteiger partial charge in [-0.2, -0.15) is 5.10 Å². The third kappa shape index (κ3) is 6.67. The normalized spacial score (nSPS) is 20.6. The van der Waals surface area contributed by atoms with Gasteiger partial charge in [-0.25, -0.2) is 13.5 Å². The highest BCUT2D eigenvalue weighted by Gasteiger charge is 2.40. The molecule has 2 aliphatic carbocycles. The van der Waals surface area contributed by atoms with E-state index in [1.54, 1.807) is 47.6 Å². The maximum atomic E-state index is 14.4. The number of alkyl halides is 2. The molecule has 0 radical (unpaired) electrons. The number of ether oxygens (including phenoxy) is 1. The van der Waals surface area contributed by atoms with Crippen molar-refractivity contribution in [2.45, 2.75) is 103 Å². The number of carbonyl (C=O) groups is 2. The molecule has 1 aromatic carbocycles. The molecule has 2 heterocycles. The molecule has 43 heavy (non-hydrogen) atoms. The Balaban J connectivity index is 1.46. The van der Waals surface area contributed by atoms with Crippen LogP contribution in [-0.2, 0) is 28.6 Å². The van der Waals surface area contributed by atoms with Gasteiger partial charge in [-0.1, -0.05) is 37.8 Å². The second kappa shape index (κ2) is 12.1. The van der Waals surface area contributed by atoms with Crippen LogP contribution >= 0.6 is 0 Å². The Bertz CT molecular complexity index is 1580. The molecule has 1 N–H and O–H groups in total. The van der Waals surface area contributed by atoms with E-state index >= 15 is 0 Å². The van der Waals surface area contributed by atoms with Gasteiger partial charge >= 0.3 is 0 Å². The Kier molecular flexibility index (Phi) is 8.77. The molecule has 0 aliphatic heterocycles. The Morgan fingerprint density at radius 1 is 1.16 bits per heavy atom. The SMILES string of the molecule is CC(=O)C1CCC(n2cc(C(=O)NC(C)c3cccc4c3CCC4(F)F)c3nn(COCC[Si](C)(C)C)cc3c2=O)CC1. The lowest BCUT2D eigenvalue weighted by Gasteiger charge is -2.29. The number of aromatic nitrogens is 3. The zero-order valence-corrected chi connectivity index (χ0v) is 26.7. The van der Waals surface area contributed by atoms with Crippen LogP contribution in [-0.4, -0.2) is 40.7 Å². The fraction of sp³-hybridized carbons (Fsp3) is 0.562. The lowest BCUT2D eigenvalue weighted by Crippen LogP contribution is -2.32. The molecule has 0 saturated heterocycles. The average molecular weight is 613 g/mol. The molecule has 8 nitrogen and oxygen atoms in total. The van der Waals surface area contributed by atoms with Crippen molar-refractivity contribution >= 4 is 30.7 Å². The zero-order valence-electron chi connectivity index (χ0n) is 25.7. The van der Waals surface area contributed by atoms with Crippen molar-refractivity contribution in [1.29, 1.82) is 0 Å². The van der Waals surface area contributed by atoms with Crippen molar-refractivity contribution in [1.82, 2.24) is 19.7 Å². The van der Waals surface area contributed by atoms with Crippen LogP contribution in [0.3, 0.4) is 0 Å². The van der Waals surface area contributed by atoms with Gasteiger partial charge in [-0.05, 0) is 63.1 Å². The molecule has 3 aromatic rings. The Hall–Kier alpha value is -3.18. The summed E-state index contributed by atoms with van der Waals surface area (Å²) in [7, 11) is -1.28. The molecule has 2 aromatic heterocycles. The molecule has 1 unspecified atom stereocenters. The number of hydrogen-bond acceptors (Lipinski definition) is 5. The Labute approximate surface area is 251 Å². The summed E-state index contributed by atoms with van der Waals surface area (Å²) in [6.07, 6.45) is 5.92. The smallest absolute Gasteiger partial charge is 0.273 e. The predicted molar refractivity (Wildman–Crippen MR) is 164 cm³/mol. The molecule has 1 amide bonds. The number of hydrogen-bond donors (Lipinski definition) is 1. The number of pyridine rings is 1. The molecule has 1 saturated carbocycles. The fourth-order valence-corrected chi connectivity index (χ4v) is 7.13. The molecule has 5 rings (SSSR count). The monoisotopic (exact) mass is 612 g/mol. The summed E-state index contributed by atoms with van der Waals surface area (Å²) in [4.78, 5) is 39.5. The van der Waals surface area contributed by atoms with Crippen LogP contribution in [0.5, 0.6) is 0 Å². The van der Waals surface area contributed by atoms with E-state index < -0.39 is 25.9 Å². The quantitative estimate of drug-likeness (QED) is 0.212. The van der Waals surface area contributed by atoms with Crippen molar-refractivity contribution in [2.75, 3.05) is 6.61 Å². The molecule has 1 fully saturated rings. The van der Waals surface area contributed by atoms with E-state index in [0.717, 1.165) is 6.04 Å². The number of amides is 1. The molecule has 0 spiro atoms. The standard InChI is InChI=1S/C32H42F2N4O4Si/c1-20(24-7-6-8-28-25(24)13-14-32(28,33)34)35-30(40)26-18-38(23-11-9-22(10-12-23)21(2)39)31(41)27-17-37(36-29(26)27)19-42-15-16-43(3,4)5/h6-8,17-18,20,22-23H,9-16,19H2,1-5H3,(H,35,40). The van der Waals surface area contributed by atoms with E-state index in [0.29, 0.717) is 48.8 Å². The highest BCUT2D eigenvalue weighted by Crippen LogP contribution is 2.44. The van der Waals surface area contributed by atoms with Crippen LogP contribution in [0.1, 0.15) is 85.1 Å². The number of fused-ring (bicyclic) bond motifs is 2. The lowest BCUT2D eigenvalue weighted by molar-refractivity contribution is -0.121. The number of halogens is 2. The minimum Gasteiger partial charge on any atom is -0.360 e. The van der Waals surface area contributed by atoms with Crippen LogP contribution in [0, 0.1) is 5.92 Å². The first-order valence-electron chi connectivity index (χ1n) is 15.3. The molecule has 1 atom stereocenters.